The van der Waals surface area contributed by atoms with Gasteiger partial charge >= 0.3 is 0 Å². The number of thiophene rings is 1. The Bertz CT molecular complexity index is 2890. The van der Waals surface area contributed by atoms with E-state index < -0.39 is 0 Å². The van der Waals surface area contributed by atoms with Crippen LogP contribution < -0.4 is 0 Å². The van der Waals surface area contributed by atoms with E-state index >= 15 is 0 Å². The van der Waals surface area contributed by atoms with E-state index in [0.29, 0.717) is 5.82 Å². The van der Waals surface area contributed by atoms with E-state index in [2.05, 4.69) is 164 Å². The molecule has 0 aliphatic rings. The van der Waals surface area contributed by atoms with Gasteiger partial charge in [-0.15, -0.1) is 11.3 Å². The zero-order valence-corrected chi connectivity index (χ0v) is 28.3. The van der Waals surface area contributed by atoms with Gasteiger partial charge in [0, 0.05) is 47.8 Å². The molecular weight excluding hydrogens is 639 g/mol. The molecule has 0 N–H and O–H groups in total. The van der Waals surface area contributed by atoms with Crippen LogP contribution in [0.3, 0.4) is 0 Å². The van der Waals surface area contributed by atoms with Crippen LogP contribution in [0.5, 0.6) is 0 Å². The van der Waals surface area contributed by atoms with Crippen LogP contribution in [0.25, 0.3) is 98.1 Å². The molecule has 4 heteroatoms. The number of pyridine rings is 1. The number of aromatic nitrogens is 3. The fraction of sp³-hybridized carbons (Fsp3) is 0. The predicted molar refractivity (Wildman–Crippen MR) is 215 cm³/mol. The van der Waals surface area contributed by atoms with E-state index in [1.54, 1.807) is 0 Å². The Morgan fingerprint density at radius 3 is 1.73 bits per heavy atom. The second-order valence-electron chi connectivity index (χ2n) is 12.8. The van der Waals surface area contributed by atoms with Crippen molar-refractivity contribution in [2.24, 2.45) is 0 Å². The van der Waals surface area contributed by atoms with Crippen LogP contribution in [0.4, 0.5) is 0 Å². The number of fused-ring (bicyclic) bond motifs is 6. The van der Waals surface area contributed by atoms with Crippen molar-refractivity contribution in [3.05, 3.63) is 176 Å². The van der Waals surface area contributed by atoms with Crippen molar-refractivity contribution in [1.82, 2.24) is 15.0 Å². The van der Waals surface area contributed by atoms with Crippen molar-refractivity contribution in [3.63, 3.8) is 0 Å². The summed E-state index contributed by atoms with van der Waals surface area (Å²) < 4.78 is 2.47. The second-order valence-corrected chi connectivity index (χ2v) is 13.8. The van der Waals surface area contributed by atoms with Crippen LogP contribution in [0, 0.1) is 0 Å². The maximum absolute atomic E-state index is 5.60. The first-order valence-electron chi connectivity index (χ1n) is 17.1. The molecule has 0 radical (unpaired) electrons. The first kappa shape index (κ1) is 29.4. The van der Waals surface area contributed by atoms with Crippen LogP contribution in [0.2, 0.25) is 0 Å². The molecule has 0 bridgehead atoms. The maximum atomic E-state index is 5.60. The Balaban J connectivity index is 1.24. The third-order valence-electron chi connectivity index (χ3n) is 9.71. The summed E-state index contributed by atoms with van der Waals surface area (Å²) in [5, 5.41) is 5.90. The van der Waals surface area contributed by atoms with Gasteiger partial charge in [0.25, 0.3) is 0 Å². The fourth-order valence-electron chi connectivity index (χ4n) is 7.23. The van der Waals surface area contributed by atoms with Gasteiger partial charge in [-0.1, -0.05) is 158 Å². The van der Waals surface area contributed by atoms with Crippen LogP contribution in [-0.4, -0.2) is 15.0 Å². The highest BCUT2D eigenvalue weighted by atomic mass is 32.1. The highest BCUT2D eigenvalue weighted by Gasteiger charge is 2.21. The van der Waals surface area contributed by atoms with E-state index in [1.807, 2.05) is 23.5 Å². The van der Waals surface area contributed by atoms with Crippen LogP contribution >= 0.6 is 11.3 Å². The zero-order valence-electron chi connectivity index (χ0n) is 27.5. The molecule has 0 saturated carbocycles. The summed E-state index contributed by atoms with van der Waals surface area (Å²) in [5.74, 6) is 0.654. The maximum Gasteiger partial charge on any atom is 0.162 e. The molecule has 0 aliphatic heterocycles. The van der Waals surface area contributed by atoms with Crippen molar-refractivity contribution in [2.75, 3.05) is 0 Å². The van der Waals surface area contributed by atoms with Crippen LogP contribution in [0.1, 0.15) is 0 Å². The molecule has 3 aromatic heterocycles. The molecule has 10 rings (SSSR count). The van der Waals surface area contributed by atoms with E-state index in [-0.39, 0.29) is 0 Å². The average molecular weight is 668 g/mol. The normalized spacial score (nSPS) is 11.5. The number of benzene rings is 7. The van der Waals surface area contributed by atoms with Gasteiger partial charge in [0.15, 0.2) is 5.82 Å². The molecule has 51 heavy (non-hydrogen) atoms. The summed E-state index contributed by atoms with van der Waals surface area (Å²) in [7, 11) is 0. The molecule has 238 valence electrons. The van der Waals surface area contributed by atoms with Gasteiger partial charge in [-0.25, -0.2) is 15.0 Å². The molecule has 7 aromatic carbocycles. The standard InChI is InChI=1S/C47H29N3S/c1-3-13-30(14-4-1)31-25-27-34(28-26-31)41-29-40(33-16-5-2-6-17-33)48-47(49-41)39-23-12-22-38-44(39)50-45(36-21-11-18-32-15-7-8-19-35(32)36)43-37-20-9-10-24-42(37)51-46(38)43/h1-29H. The van der Waals surface area contributed by atoms with Gasteiger partial charge in [0.2, 0.25) is 0 Å². The zero-order chi connectivity index (χ0) is 33.7. The quantitative estimate of drug-likeness (QED) is 0.183. The molecular formula is C47H29N3S. The highest BCUT2D eigenvalue weighted by Crippen LogP contribution is 2.45. The average Bonchev–Trinajstić information content (AvgIpc) is 3.61. The lowest BCUT2D eigenvalue weighted by Gasteiger charge is -2.14. The Hall–Kier alpha value is -6.49. The Labute approximate surface area is 299 Å². The smallest absolute Gasteiger partial charge is 0.162 e. The molecule has 3 heterocycles. The molecule has 0 saturated heterocycles. The lowest BCUT2D eigenvalue weighted by Crippen LogP contribution is -1.98. The molecule has 0 unspecified atom stereocenters. The van der Waals surface area contributed by atoms with Gasteiger partial charge in [0.05, 0.1) is 22.6 Å². The van der Waals surface area contributed by atoms with Gasteiger partial charge in [-0.05, 0) is 40.1 Å². The predicted octanol–water partition coefficient (Wildman–Crippen LogP) is 12.9. The Morgan fingerprint density at radius 2 is 0.941 bits per heavy atom. The van der Waals surface area contributed by atoms with Crippen molar-refractivity contribution in [3.8, 4) is 56.3 Å². The monoisotopic (exact) mass is 667 g/mol. The van der Waals surface area contributed by atoms with Gasteiger partial charge in [-0.2, -0.15) is 0 Å². The lowest BCUT2D eigenvalue weighted by atomic mass is 9.97. The van der Waals surface area contributed by atoms with Gasteiger partial charge in [-0.3, -0.25) is 0 Å². The molecule has 0 aliphatic carbocycles. The first-order valence-corrected chi connectivity index (χ1v) is 17.9. The topological polar surface area (TPSA) is 38.7 Å². The van der Waals surface area contributed by atoms with Crippen molar-refractivity contribution in [1.29, 1.82) is 0 Å². The van der Waals surface area contributed by atoms with Crippen molar-refractivity contribution < 1.29 is 0 Å². The largest absolute Gasteiger partial charge is 0.246 e. The number of hydrogen-bond donors (Lipinski definition) is 0. The number of hydrogen-bond acceptors (Lipinski definition) is 4. The summed E-state index contributed by atoms with van der Waals surface area (Å²) in [6, 6.07) is 61.8. The van der Waals surface area contributed by atoms with E-state index in [4.69, 9.17) is 15.0 Å². The molecule has 3 nitrogen and oxygen atoms in total. The SMILES string of the molecule is c1ccc(-c2ccc(-c3cc(-c4ccccc4)nc(-c4cccc5c4nc(-c4cccc6ccccc46)c4c6ccccc6sc54)n3)cc2)cc1. The van der Waals surface area contributed by atoms with Gasteiger partial charge in [0.1, 0.15) is 0 Å². The van der Waals surface area contributed by atoms with E-state index in [1.165, 1.54) is 42.1 Å². The minimum atomic E-state index is 0.654. The molecule has 0 atom stereocenters. The summed E-state index contributed by atoms with van der Waals surface area (Å²) in [6.07, 6.45) is 0. The second kappa shape index (κ2) is 12.1. The summed E-state index contributed by atoms with van der Waals surface area (Å²) in [5.41, 5.74) is 10.1. The van der Waals surface area contributed by atoms with Gasteiger partial charge < -0.3 is 0 Å². The molecule has 0 fully saturated rings. The molecule has 0 amide bonds. The molecule has 10 aromatic rings. The first-order chi connectivity index (χ1) is 25.3. The summed E-state index contributed by atoms with van der Waals surface area (Å²) >= 11 is 1.83. The van der Waals surface area contributed by atoms with E-state index in [9.17, 15) is 0 Å². The number of nitrogens with zero attached hydrogens (tertiary/aromatic N) is 3. The van der Waals surface area contributed by atoms with Crippen LogP contribution in [-0.2, 0) is 0 Å². The van der Waals surface area contributed by atoms with Crippen LogP contribution in [0.15, 0.2) is 176 Å². The Morgan fingerprint density at radius 1 is 0.392 bits per heavy atom. The third kappa shape index (κ3) is 5.08. The highest BCUT2D eigenvalue weighted by molar-refractivity contribution is 7.26. The van der Waals surface area contributed by atoms with Crippen molar-refractivity contribution in [2.45, 2.75) is 0 Å². The molecule has 0 spiro atoms. The Kier molecular flexibility index (Phi) is 7.00. The fourth-order valence-corrected chi connectivity index (χ4v) is 8.46. The summed E-state index contributed by atoms with van der Waals surface area (Å²) in [6.45, 7) is 0. The lowest BCUT2D eigenvalue weighted by molar-refractivity contribution is 1.18. The third-order valence-corrected chi connectivity index (χ3v) is 10.9. The minimum Gasteiger partial charge on any atom is -0.246 e. The number of rotatable bonds is 5. The minimum absolute atomic E-state index is 0.654. The summed E-state index contributed by atoms with van der Waals surface area (Å²) in [4.78, 5) is 16.1. The van der Waals surface area contributed by atoms with Crippen molar-refractivity contribution >= 4 is 53.2 Å². The number of para-hydroxylation sites is 1. The van der Waals surface area contributed by atoms with E-state index in [0.717, 1.165) is 50.2 Å².